The van der Waals surface area contributed by atoms with Crippen molar-refractivity contribution >= 4 is 22.5 Å². The van der Waals surface area contributed by atoms with Crippen LogP contribution in [-0.2, 0) is 0 Å². The van der Waals surface area contributed by atoms with Crippen LogP contribution in [0.4, 0.5) is 5.69 Å². The summed E-state index contributed by atoms with van der Waals surface area (Å²) in [6, 6.07) is 13.2. The average molecular weight is 251 g/mol. The predicted octanol–water partition coefficient (Wildman–Crippen LogP) is 3.12. The van der Waals surface area contributed by atoms with Crippen LogP contribution >= 0.6 is 0 Å². The highest BCUT2D eigenvalue weighted by Gasteiger charge is 2.10. The molecule has 4 heteroatoms. The number of hydrogen-bond acceptors (Lipinski definition) is 2. The molecule has 0 saturated heterocycles. The summed E-state index contributed by atoms with van der Waals surface area (Å²) in [7, 11) is 0. The number of carbonyl (C=O) groups excluding carboxylic acids is 1. The fraction of sp³-hybridized carbons (Fsp3) is 0.0667. The monoisotopic (exact) mass is 251 g/mol. The van der Waals surface area contributed by atoms with E-state index in [1.54, 1.807) is 6.20 Å². The second-order valence-electron chi connectivity index (χ2n) is 4.41. The highest BCUT2D eigenvalue weighted by Crippen LogP contribution is 2.21. The van der Waals surface area contributed by atoms with Gasteiger partial charge in [0.2, 0.25) is 0 Å². The van der Waals surface area contributed by atoms with Gasteiger partial charge in [0.25, 0.3) is 5.91 Å². The van der Waals surface area contributed by atoms with E-state index in [0.717, 1.165) is 22.2 Å². The Kier molecular flexibility index (Phi) is 2.76. The van der Waals surface area contributed by atoms with Gasteiger partial charge in [-0.2, -0.15) is 5.10 Å². The minimum absolute atomic E-state index is 0.111. The number of nitrogens with zero attached hydrogens (tertiary/aromatic N) is 1. The maximum Gasteiger partial charge on any atom is 0.255 e. The standard InChI is InChI=1S/C15H13N3O/c1-10-5-2-3-7-12(10)15(19)17-13-8-4-6-11-9-16-18-14(11)13/h2-9H,1H3,(H,16,18)(H,17,19). The Balaban J connectivity index is 1.95. The lowest BCUT2D eigenvalue weighted by Crippen LogP contribution is -2.13. The van der Waals surface area contributed by atoms with E-state index in [-0.39, 0.29) is 5.91 Å². The molecule has 1 heterocycles. The molecule has 0 aliphatic carbocycles. The molecule has 2 aromatic carbocycles. The zero-order valence-electron chi connectivity index (χ0n) is 10.5. The molecule has 2 N–H and O–H groups in total. The Bertz CT molecular complexity index is 746. The van der Waals surface area contributed by atoms with Crippen molar-refractivity contribution in [2.24, 2.45) is 0 Å². The number of aromatic nitrogens is 2. The van der Waals surface area contributed by atoms with Gasteiger partial charge in [-0.3, -0.25) is 9.89 Å². The van der Waals surface area contributed by atoms with Crippen LogP contribution in [0.5, 0.6) is 0 Å². The molecule has 0 radical (unpaired) electrons. The van der Waals surface area contributed by atoms with Gasteiger partial charge in [-0.15, -0.1) is 0 Å². The molecule has 0 saturated carbocycles. The Labute approximate surface area is 110 Å². The van der Waals surface area contributed by atoms with Crippen molar-refractivity contribution in [3.8, 4) is 0 Å². The van der Waals surface area contributed by atoms with Crippen LogP contribution in [0.15, 0.2) is 48.7 Å². The predicted molar refractivity (Wildman–Crippen MR) is 75.2 cm³/mol. The summed E-state index contributed by atoms with van der Waals surface area (Å²) >= 11 is 0. The van der Waals surface area contributed by atoms with E-state index >= 15 is 0 Å². The third-order valence-electron chi connectivity index (χ3n) is 3.11. The topological polar surface area (TPSA) is 57.8 Å². The Hall–Kier alpha value is -2.62. The van der Waals surface area contributed by atoms with Crippen LogP contribution in [0.1, 0.15) is 15.9 Å². The van der Waals surface area contributed by atoms with Crippen LogP contribution in [0.3, 0.4) is 0 Å². The van der Waals surface area contributed by atoms with Crippen LogP contribution in [0, 0.1) is 6.92 Å². The number of para-hydroxylation sites is 1. The lowest BCUT2D eigenvalue weighted by atomic mass is 10.1. The molecule has 0 aliphatic rings. The Morgan fingerprint density at radius 3 is 2.84 bits per heavy atom. The number of carbonyl (C=O) groups is 1. The van der Waals surface area contributed by atoms with Crippen molar-refractivity contribution in [1.29, 1.82) is 0 Å². The van der Waals surface area contributed by atoms with Gasteiger partial charge in [0.1, 0.15) is 0 Å². The molecule has 0 atom stereocenters. The first-order valence-corrected chi connectivity index (χ1v) is 6.05. The lowest BCUT2D eigenvalue weighted by molar-refractivity contribution is 0.102. The fourth-order valence-corrected chi connectivity index (χ4v) is 2.09. The highest BCUT2D eigenvalue weighted by atomic mass is 16.1. The number of benzene rings is 2. The number of aryl methyl sites for hydroxylation is 1. The van der Waals surface area contributed by atoms with E-state index in [2.05, 4.69) is 15.5 Å². The van der Waals surface area contributed by atoms with E-state index in [0.29, 0.717) is 5.56 Å². The average Bonchev–Trinajstić information content (AvgIpc) is 2.88. The molecule has 19 heavy (non-hydrogen) atoms. The maximum absolute atomic E-state index is 12.3. The molecule has 3 aromatic rings. The van der Waals surface area contributed by atoms with E-state index < -0.39 is 0 Å². The number of hydrogen-bond donors (Lipinski definition) is 2. The summed E-state index contributed by atoms with van der Waals surface area (Å²) in [5.41, 5.74) is 3.21. The third-order valence-corrected chi connectivity index (χ3v) is 3.11. The third kappa shape index (κ3) is 2.08. The van der Waals surface area contributed by atoms with Crippen LogP contribution in [0.2, 0.25) is 0 Å². The van der Waals surface area contributed by atoms with Gasteiger partial charge in [-0.25, -0.2) is 0 Å². The van der Waals surface area contributed by atoms with Crippen molar-refractivity contribution in [3.05, 3.63) is 59.8 Å². The van der Waals surface area contributed by atoms with E-state index in [1.165, 1.54) is 0 Å². The number of nitrogens with one attached hydrogen (secondary N) is 2. The molecule has 94 valence electrons. The summed E-state index contributed by atoms with van der Waals surface area (Å²) < 4.78 is 0. The van der Waals surface area contributed by atoms with E-state index in [9.17, 15) is 4.79 Å². The minimum Gasteiger partial charge on any atom is -0.320 e. The maximum atomic E-state index is 12.3. The van der Waals surface area contributed by atoms with Gasteiger partial charge in [0.05, 0.1) is 17.4 Å². The SMILES string of the molecule is Cc1ccccc1C(=O)Nc1cccc2cn[nH]c12. The molecule has 4 nitrogen and oxygen atoms in total. The Morgan fingerprint density at radius 1 is 1.16 bits per heavy atom. The number of H-pyrrole nitrogens is 1. The summed E-state index contributed by atoms with van der Waals surface area (Å²) in [4.78, 5) is 12.3. The number of aromatic amines is 1. The van der Waals surface area contributed by atoms with Crippen molar-refractivity contribution in [2.75, 3.05) is 5.32 Å². The second kappa shape index (κ2) is 4.57. The van der Waals surface area contributed by atoms with Crippen LogP contribution in [-0.4, -0.2) is 16.1 Å². The number of fused-ring (bicyclic) bond motifs is 1. The van der Waals surface area contributed by atoms with E-state index in [1.807, 2.05) is 49.4 Å². The zero-order chi connectivity index (χ0) is 13.2. The van der Waals surface area contributed by atoms with Crippen molar-refractivity contribution in [3.63, 3.8) is 0 Å². The fourth-order valence-electron chi connectivity index (χ4n) is 2.09. The van der Waals surface area contributed by atoms with Gasteiger partial charge in [-0.05, 0) is 24.6 Å². The minimum atomic E-state index is -0.111. The zero-order valence-corrected chi connectivity index (χ0v) is 10.5. The Morgan fingerprint density at radius 2 is 2.00 bits per heavy atom. The molecule has 0 fully saturated rings. The lowest BCUT2D eigenvalue weighted by Gasteiger charge is -2.08. The van der Waals surface area contributed by atoms with Gasteiger partial charge >= 0.3 is 0 Å². The smallest absolute Gasteiger partial charge is 0.255 e. The first kappa shape index (κ1) is 11.5. The molecule has 0 bridgehead atoms. The molecular formula is C15H13N3O. The molecule has 0 aliphatic heterocycles. The molecular weight excluding hydrogens is 238 g/mol. The number of anilines is 1. The second-order valence-corrected chi connectivity index (χ2v) is 4.41. The van der Waals surface area contributed by atoms with Gasteiger partial charge in [0.15, 0.2) is 0 Å². The first-order chi connectivity index (χ1) is 9.25. The molecule has 1 aromatic heterocycles. The molecule has 1 amide bonds. The molecule has 3 rings (SSSR count). The highest BCUT2D eigenvalue weighted by molar-refractivity contribution is 6.08. The van der Waals surface area contributed by atoms with Gasteiger partial charge in [0, 0.05) is 10.9 Å². The number of amides is 1. The van der Waals surface area contributed by atoms with Crippen LogP contribution in [0.25, 0.3) is 10.9 Å². The summed E-state index contributed by atoms with van der Waals surface area (Å²) in [6.45, 7) is 1.92. The van der Waals surface area contributed by atoms with Crippen molar-refractivity contribution in [2.45, 2.75) is 6.92 Å². The number of rotatable bonds is 2. The normalized spacial score (nSPS) is 10.6. The molecule has 0 spiro atoms. The van der Waals surface area contributed by atoms with Crippen molar-refractivity contribution in [1.82, 2.24) is 10.2 Å². The molecule has 0 unspecified atom stereocenters. The largest absolute Gasteiger partial charge is 0.320 e. The van der Waals surface area contributed by atoms with E-state index in [4.69, 9.17) is 0 Å². The summed E-state index contributed by atoms with van der Waals surface area (Å²) in [6.07, 6.45) is 1.73. The van der Waals surface area contributed by atoms with Crippen LogP contribution < -0.4 is 5.32 Å². The quantitative estimate of drug-likeness (QED) is 0.735. The van der Waals surface area contributed by atoms with Gasteiger partial charge in [-0.1, -0.05) is 30.3 Å². The van der Waals surface area contributed by atoms with Gasteiger partial charge < -0.3 is 5.32 Å². The van der Waals surface area contributed by atoms with Crippen molar-refractivity contribution < 1.29 is 4.79 Å². The summed E-state index contributed by atoms with van der Waals surface area (Å²) in [5.74, 6) is -0.111. The first-order valence-electron chi connectivity index (χ1n) is 6.05. The summed E-state index contributed by atoms with van der Waals surface area (Å²) in [5, 5.41) is 10.8.